The van der Waals surface area contributed by atoms with Crippen molar-refractivity contribution in [1.82, 2.24) is 10.2 Å². The molecule has 6 nitrogen and oxygen atoms in total. The summed E-state index contributed by atoms with van der Waals surface area (Å²) in [5, 5.41) is 6.19. The Balaban J connectivity index is 1.35. The monoisotopic (exact) mass is 493 g/mol. The zero-order valence-electron chi connectivity index (χ0n) is 19.2. The zero-order chi connectivity index (χ0) is 24.5. The van der Waals surface area contributed by atoms with E-state index < -0.39 is 5.82 Å². The summed E-state index contributed by atoms with van der Waals surface area (Å²) in [5.74, 6) is -0.0509. The van der Waals surface area contributed by atoms with Crippen LogP contribution in [0.15, 0.2) is 52.9 Å². The maximum atomic E-state index is 13.7. The Hall–Kier alpha value is -3.42. The van der Waals surface area contributed by atoms with Crippen LogP contribution >= 0.6 is 11.6 Å². The third-order valence-electron chi connectivity index (χ3n) is 6.58. The number of rotatable bonds is 6. The minimum atomic E-state index is -0.427. The van der Waals surface area contributed by atoms with E-state index in [1.54, 1.807) is 36.4 Å². The van der Waals surface area contributed by atoms with Crippen molar-refractivity contribution in [2.45, 2.75) is 25.8 Å². The molecule has 0 spiro atoms. The van der Waals surface area contributed by atoms with Gasteiger partial charge in [-0.1, -0.05) is 18.5 Å². The van der Waals surface area contributed by atoms with Gasteiger partial charge in [0, 0.05) is 35.0 Å². The molecule has 2 aliphatic rings. The lowest BCUT2D eigenvalue weighted by Crippen LogP contribution is -2.40. The Morgan fingerprint density at radius 2 is 2.09 bits per heavy atom. The molecule has 1 aromatic heterocycles. The van der Waals surface area contributed by atoms with Crippen molar-refractivity contribution in [1.29, 1.82) is 0 Å². The summed E-state index contributed by atoms with van der Waals surface area (Å²) in [7, 11) is 0. The van der Waals surface area contributed by atoms with Gasteiger partial charge in [-0.05, 0) is 80.5 Å². The Labute approximate surface area is 207 Å². The maximum Gasteiger partial charge on any atom is 0.256 e. The van der Waals surface area contributed by atoms with Crippen molar-refractivity contribution in [3.63, 3.8) is 0 Å². The molecule has 0 aliphatic carbocycles. The first-order valence-electron chi connectivity index (χ1n) is 11.7. The van der Waals surface area contributed by atoms with Crippen molar-refractivity contribution in [3.8, 4) is 11.3 Å². The van der Waals surface area contributed by atoms with Crippen LogP contribution in [0.1, 0.15) is 41.4 Å². The topological polar surface area (TPSA) is 74.6 Å². The van der Waals surface area contributed by atoms with Crippen LogP contribution in [-0.2, 0) is 4.79 Å². The first-order valence-corrected chi connectivity index (χ1v) is 12.1. The van der Waals surface area contributed by atoms with Crippen molar-refractivity contribution in [3.05, 3.63) is 76.3 Å². The normalized spacial score (nSPS) is 18.7. The number of hydrogen-bond acceptors (Lipinski definition) is 4. The summed E-state index contributed by atoms with van der Waals surface area (Å²) in [5.41, 5.74) is 2.40. The van der Waals surface area contributed by atoms with E-state index in [0.717, 1.165) is 25.9 Å². The van der Waals surface area contributed by atoms with Gasteiger partial charge in [0.05, 0.1) is 10.6 Å². The maximum absolute atomic E-state index is 13.7. The van der Waals surface area contributed by atoms with Crippen LogP contribution in [0.25, 0.3) is 23.0 Å². The number of halogens is 2. The highest BCUT2D eigenvalue weighted by atomic mass is 35.5. The average Bonchev–Trinajstić information content (AvgIpc) is 3.57. The number of nitrogens with zero attached hydrogens (tertiary/aromatic N) is 1. The summed E-state index contributed by atoms with van der Waals surface area (Å²) in [6, 6.07) is 13.0. The lowest BCUT2D eigenvalue weighted by Gasteiger charge is -2.22. The molecule has 35 heavy (non-hydrogen) atoms. The highest BCUT2D eigenvalue weighted by Crippen LogP contribution is 2.35. The molecule has 3 heterocycles. The van der Waals surface area contributed by atoms with Crippen LogP contribution in [0.5, 0.6) is 0 Å². The fraction of sp³-hybridized carbons (Fsp3) is 0.259. The summed E-state index contributed by atoms with van der Waals surface area (Å²) in [6.07, 6.45) is 3.80. The van der Waals surface area contributed by atoms with Crippen LogP contribution in [0.3, 0.4) is 0 Å². The quantitative estimate of drug-likeness (QED) is 0.448. The van der Waals surface area contributed by atoms with E-state index in [1.165, 1.54) is 18.2 Å². The van der Waals surface area contributed by atoms with Gasteiger partial charge < -0.3 is 15.1 Å². The molecule has 2 aliphatic heterocycles. The summed E-state index contributed by atoms with van der Waals surface area (Å²) in [4.78, 5) is 27.6. The predicted octanol–water partition coefficient (Wildman–Crippen LogP) is 5.45. The Morgan fingerprint density at radius 1 is 1.23 bits per heavy atom. The van der Waals surface area contributed by atoms with Crippen LogP contribution < -0.4 is 10.6 Å². The molecule has 1 saturated heterocycles. The van der Waals surface area contributed by atoms with Gasteiger partial charge in [-0.3, -0.25) is 14.5 Å². The third kappa shape index (κ3) is 4.74. The van der Waals surface area contributed by atoms with E-state index in [9.17, 15) is 14.0 Å². The van der Waals surface area contributed by atoms with Gasteiger partial charge >= 0.3 is 0 Å². The molecule has 0 saturated carbocycles. The SMILES string of the molecule is CCN1CCCC1CNC(=O)c1ccc(Cl)c(-c2ccc(/C=C3/C(=O)Nc4ccc(F)cc43)o2)c1. The van der Waals surface area contributed by atoms with Crippen LogP contribution in [-0.4, -0.2) is 42.4 Å². The second-order valence-electron chi connectivity index (χ2n) is 8.73. The second kappa shape index (κ2) is 9.68. The van der Waals surface area contributed by atoms with Gasteiger partial charge in [0.1, 0.15) is 17.3 Å². The molecule has 3 aromatic rings. The Kier molecular flexibility index (Phi) is 6.45. The average molecular weight is 494 g/mol. The zero-order valence-corrected chi connectivity index (χ0v) is 20.0. The van der Waals surface area contributed by atoms with Crippen molar-refractivity contribution < 1.29 is 18.4 Å². The number of nitrogens with one attached hydrogen (secondary N) is 2. The second-order valence-corrected chi connectivity index (χ2v) is 9.14. The van der Waals surface area contributed by atoms with E-state index in [-0.39, 0.29) is 11.8 Å². The molecule has 2 aromatic carbocycles. The van der Waals surface area contributed by atoms with Gasteiger partial charge in [0.25, 0.3) is 11.8 Å². The van der Waals surface area contributed by atoms with Crippen molar-refractivity contribution in [2.24, 2.45) is 0 Å². The van der Waals surface area contributed by atoms with Gasteiger partial charge in [0.2, 0.25) is 0 Å². The number of anilines is 1. The fourth-order valence-electron chi connectivity index (χ4n) is 4.73. The van der Waals surface area contributed by atoms with E-state index in [1.807, 2.05) is 0 Å². The molecule has 180 valence electrons. The van der Waals surface area contributed by atoms with E-state index in [2.05, 4.69) is 22.5 Å². The predicted molar refractivity (Wildman–Crippen MR) is 135 cm³/mol. The van der Waals surface area contributed by atoms with Crippen molar-refractivity contribution in [2.75, 3.05) is 25.0 Å². The number of amides is 2. The molecule has 1 atom stereocenters. The molecule has 0 radical (unpaired) electrons. The van der Waals surface area contributed by atoms with Gasteiger partial charge in [-0.25, -0.2) is 4.39 Å². The van der Waals surface area contributed by atoms with Crippen LogP contribution in [0.4, 0.5) is 10.1 Å². The number of benzene rings is 2. The standard InChI is InChI=1S/C27H25ClFN3O3/c1-2-32-11-3-4-18(32)15-30-26(33)16-5-8-23(28)22(12-16)25-10-7-19(35-25)14-21-20-13-17(29)6-9-24(20)31-27(21)34/h5-10,12-14,18H,2-4,11,15H2,1H3,(H,30,33)(H,31,34)/b21-14+. The van der Waals surface area contributed by atoms with Gasteiger partial charge in [-0.2, -0.15) is 0 Å². The molecule has 1 fully saturated rings. The first kappa shape index (κ1) is 23.3. The third-order valence-corrected chi connectivity index (χ3v) is 6.91. The lowest BCUT2D eigenvalue weighted by atomic mass is 10.1. The van der Waals surface area contributed by atoms with E-state index in [4.69, 9.17) is 16.0 Å². The van der Waals surface area contributed by atoms with Crippen LogP contribution in [0.2, 0.25) is 5.02 Å². The molecular weight excluding hydrogens is 469 g/mol. The number of carbonyl (C=O) groups excluding carboxylic acids is 2. The number of carbonyl (C=O) groups is 2. The number of likely N-dealkylation sites (tertiary alicyclic amines) is 1. The molecule has 2 amide bonds. The minimum absolute atomic E-state index is 0.166. The highest BCUT2D eigenvalue weighted by Gasteiger charge is 2.26. The summed E-state index contributed by atoms with van der Waals surface area (Å²) >= 11 is 6.42. The van der Waals surface area contributed by atoms with E-state index in [0.29, 0.717) is 57.1 Å². The van der Waals surface area contributed by atoms with Crippen LogP contribution in [0, 0.1) is 5.82 Å². The molecule has 8 heteroatoms. The number of fused-ring (bicyclic) bond motifs is 1. The number of hydrogen-bond donors (Lipinski definition) is 2. The largest absolute Gasteiger partial charge is 0.457 e. The lowest BCUT2D eigenvalue weighted by molar-refractivity contribution is -0.110. The molecule has 5 rings (SSSR count). The van der Waals surface area contributed by atoms with Gasteiger partial charge in [0.15, 0.2) is 0 Å². The van der Waals surface area contributed by atoms with Crippen molar-refractivity contribution >= 4 is 40.8 Å². The number of furan rings is 1. The molecule has 0 bridgehead atoms. The molecule has 2 N–H and O–H groups in total. The Morgan fingerprint density at radius 3 is 2.91 bits per heavy atom. The Bertz CT molecular complexity index is 1330. The fourth-order valence-corrected chi connectivity index (χ4v) is 4.94. The molecule has 1 unspecified atom stereocenters. The summed E-state index contributed by atoms with van der Waals surface area (Å²) in [6.45, 7) is 4.79. The number of likely N-dealkylation sites (N-methyl/N-ethyl adjacent to an activating group) is 1. The minimum Gasteiger partial charge on any atom is -0.457 e. The van der Waals surface area contributed by atoms with Gasteiger partial charge in [-0.15, -0.1) is 0 Å². The molecular formula is C27H25ClFN3O3. The highest BCUT2D eigenvalue weighted by molar-refractivity contribution is 6.35. The van der Waals surface area contributed by atoms with E-state index >= 15 is 0 Å². The smallest absolute Gasteiger partial charge is 0.256 e. The summed E-state index contributed by atoms with van der Waals surface area (Å²) < 4.78 is 19.7. The first-order chi connectivity index (χ1) is 16.9.